The number of nitrogens with one attached hydrogen (secondary N) is 1. The molecule has 6 heteroatoms. The Morgan fingerprint density at radius 3 is 2.80 bits per heavy atom. The zero-order valence-electron chi connectivity index (χ0n) is 12.0. The summed E-state index contributed by atoms with van der Waals surface area (Å²) in [6, 6.07) is 3.50. The molecule has 0 bridgehead atoms. The molecule has 0 saturated carbocycles. The van der Waals surface area contributed by atoms with Crippen molar-refractivity contribution >= 4 is 11.6 Å². The highest BCUT2D eigenvalue weighted by Gasteiger charge is 2.25. The highest BCUT2D eigenvalue weighted by molar-refractivity contribution is 6.28. The Labute approximate surface area is 123 Å². The van der Waals surface area contributed by atoms with E-state index in [1.807, 2.05) is 17.7 Å². The fourth-order valence-corrected chi connectivity index (χ4v) is 2.33. The van der Waals surface area contributed by atoms with Gasteiger partial charge < -0.3 is 14.5 Å². The van der Waals surface area contributed by atoms with Crippen LogP contribution < -0.4 is 10.1 Å². The van der Waals surface area contributed by atoms with Crippen LogP contribution in [0.15, 0.2) is 22.7 Å². The van der Waals surface area contributed by atoms with Gasteiger partial charge in [0.2, 0.25) is 0 Å². The summed E-state index contributed by atoms with van der Waals surface area (Å²) in [4.78, 5) is 0. The third kappa shape index (κ3) is 2.99. The van der Waals surface area contributed by atoms with Crippen LogP contribution in [0.25, 0.3) is 0 Å². The number of hydrogen-bond acceptors (Lipinski definition) is 4. The molecule has 0 aromatic carbocycles. The van der Waals surface area contributed by atoms with Gasteiger partial charge in [0.1, 0.15) is 17.5 Å². The average molecular weight is 298 g/mol. The molecule has 0 aliphatic carbocycles. The first kappa shape index (κ1) is 14.9. The van der Waals surface area contributed by atoms with E-state index in [1.54, 1.807) is 19.4 Å². The smallest absolute Gasteiger partial charge is 0.193 e. The molecule has 2 aromatic rings. The summed E-state index contributed by atoms with van der Waals surface area (Å²) in [6.45, 7) is 5.79. The third-order valence-corrected chi connectivity index (χ3v) is 3.32. The molecule has 20 heavy (non-hydrogen) atoms. The maximum atomic E-state index is 5.90. The van der Waals surface area contributed by atoms with Gasteiger partial charge >= 0.3 is 0 Å². The Morgan fingerprint density at radius 1 is 1.45 bits per heavy atom. The predicted octanol–water partition coefficient (Wildman–Crippen LogP) is 3.25. The molecule has 0 aliphatic heterocycles. The van der Waals surface area contributed by atoms with Crippen molar-refractivity contribution in [3.05, 3.63) is 35.0 Å². The van der Waals surface area contributed by atoms with E-state index in [-0.39, 0.29) is 6.04 Å². The number of methoxy groups -OCH3 is 1. The first-order chi connectivity index (χ1) is 9.71. The molecule has 0 aliphatic rings. The minimum atomic E-state index is -0.125. The summed E-state index contributed by atoms with van der Waals surface area (Å²) in [5.74, 6) is 1.50. The lowest BCUT2D eigenvalue weighted by Gasteiger charge is -2.18. The van der Waals surface area contributed by atoms with E-state index in [2.05, 4.69) is 17.3 Å². The van der Waals surface area contributed by atoms with Crippen LogP contribution in [0.3, 0.4) is 0 Å². The molecule has 1 unspecified atom stereocenters. The van der Waals surface area contributed by atoms with Gasteiger partial charge in [0.05, 0.1) is 13.3 Å². The normalized spacial score (nSPS) is 12.6. The maximum Gasteiger partial charge on any atom is 0.193 e. The van der Waals surface area contributed by atoms with Crippen molar-refractivity contribution in [2.45, 2.75) is 32.9 Å². The number of hydrogen-bond donors (Lipinski definition) is 1. The topological polar surface area (TPSA) is 52.2 Å². The average Bonchev–Trinajstić information content (AvgIpc) is 3.06. The fourth-order valence-electron chi connectivity index (χ4n) is 2.18. The SMILES string of the molecule is CCCNC(c1ccc(Cl)o1)c1c(OC)cnn1CC. The molecule has 2 aromatic heterocycles. The van der Waals surface area contributed by atoms with Gasteiger partial charge in [0.25, 0.3) is 0 Å². The molecule has 5 nitrogen and oxygen atoms in total. The van der Waals surface area contributed by atoms with Crippen molar-refractivity contribution in [1.29, 1.82) is 0 Å². The number of ether oxygens (including phenoxy) is 1. The summed E-state index contributed by atoms with van der Waals surface area (Å²) in [5.41, 5.74) is 0.953. The van der Waals surface area contributed by atoms with Crippen molar-refractivity contribution in [2.24, 2.45) is 0 Å². The standard InChI is InChI=1S/C14H20ClN3O2/c1-4-8-16-13(10-6-7-12(15)20-10)14-11(19-3)9-17-18(14)5-2/h6-7,9,13,16H,4-5,8H2,1-3H3. The van der Waals surface area contributed by atoms with E-state index in [0.717, 1.165) is 36.7 Å². The Bertz CT molecular complexity index is 529. The Balaban J connectivity index is 2.42. The van der Waals surface area contributed by atoms with Crippen molar-refractivity contribution in [3.8, 4) is 5.75 Å². The van der Waals surface area contributed by atoms with Gasteiger partial charge in [-0.2, -0.15) is 5.10 Å². The van der Waals surface area contributed by atoms with E-state index in [0.29, 0.717) is 5.22 Å². The van der Waals surface area contributed by atoms with Crippen LogP contribution >= 0.6 is 11.6 Å². The van der Waals surface area contributed by atoms with E-state index >= 15 is 0 Å². The van der Waals surface area contributed by atoms with Crippen LogP contribution in [-0.2, 0) is 6.54 Å². The van der Waals surface area contributed by atoms with E-state index in [1.165, 1.54) is 0 Å². The second kappa shape index (κ2) is 6.81. The summed E-state index contributed by atoms with van der Waals surface area (Å²) >= 11 is 5.90. The van der Waals surface area contributed by atoms with Crippen LogP contribution in [0.1, 0.15) is 37.8 Å². The molecular formula is C14H20ClN3O2. The van der Waals surface area contributed by atoms with Crippen molar-refractivity contribution in [1.82, 2.24) is 15.1 Å². The van der Waals surface area contributed by atoms with Crippen LogP contribution in [-0.4, -0.2) is 23.4 Å². The monoisotopic (exact) mass is 297 g/mol. The summed E-state index contributed by atoms with van der Waals surface area (Å²) in [5, 5.41) is 8.18. The van der Waals surface area contributed by atoms with Crippen LogP contribution in [0, 0.1) is 0 Å². The summed E-state index contributed by atoms with van der Waals surface area (Å²) in [6.07, 6.45) is 2.75. The minimum absolute atomic E-state index is 0.125. The molecule has 0 radical (unpaired) electrons. The van der Waals surface area contributed by atoms with Crippen LogP contribution in [0.5, 0.6) is 5.75 Å². The Hall–Kier alpha value is -1.46. The van der Waals surface area contributed by atoms with Crippen LogP contribution in [0.2, 0.25) is 5.22 Å². The Morgan fingerprint density at radius 2 is 2.25 bits per heavy atom. The lowest BCUT2D eigenvalue weighted by Crippen LogP contribution is -2.25. The van der Waals surface area contributed by atoms with Gasteiger partial charge in [-0.25, -0.2) is 0 Å². The van der Waals surface area contributed by atoms with Crippen LogP contribution in [0.4, 0.5) is 0 Å². The first-order valence-corrected chi connectivity index (χ1v) is 7.17. The molecule has 0 amide bonds. The quantitative estimate of drug-likeness (QED) is 0.852. The van der Waals surface area contributed by atoms with Crippen molar-refractivity contribution in [2.75, 3.05) is 13.7 Å². The molecule has 1 atom stereocenters. The van der Waals surface area contributed by atoms with Gasteiger partial charge in [0.15, 0.2) is 11.0 Å². The molecule has 0 saturated heterocycles. The second-order valence-electron chi connectivity index (χ2n) is 4.44. The lowest BCUT2D eigenvalue weighted by atomic mass is 10.1. The zero-order chi connectivity index (χ0) is 14.5. The second-order valence-corrected chi connectivity index (χ2v) is 4.82. The number of halogens is 1. The first-order valence-electron chi connectivity index (χ1n) is 6.79. The number of rotatable bonds is 7. The molecule has 0 fully saturated rings. The highest BCUT2D eigenvalue weighted by atomic mass is 35.5. The molecule has 0 spiro atoms. The highest BCUT2D eigenvalue weighted by Crippen LogP contribution is 2.32. The van der Waals surface area contributed by atoms with Gasteiger partial charge in [-0.05, 0) is 43.6 Å². The molecular weight excluding hydrogens is 278 g/mol. The minimum Gasteiger partial charge on any atom is -0.493 e. The largest absolute Gasteiger partial charge is 0.493 e. The van der Waals surface area contributed by atoms with Gasteiger partial charge in [-0.3, -0.25) is 4.68 Å². The Kier molecular flexibility index (Phi) is 5.09. The molecule has 2 heterocycles. The number of aryl methyl sites for hydroxylation is 1. The molecule has 110 valence electrons. The van der Waals surface area contributed by atoms with Gasteiger partial charge in [0, 0.05) is 6.54 Å². The lowest BCUT2D eigenvalue weighted by molar-refractivity contribution is 0.383. The van der Waals surface area contributed by atoms with Gasteiger partial charge in [-0.15, -0.1) is 0 Å². The molecule has 2 rings (SSSR count). The third-order valence-electron chi connectivity index (χ3n) is 3.11. The maximum absolute atomic E-state index is 5.90. The van der Waals surface area contributed by atoms with E-state index in [9.17, 15) is 0 Å². The van der Waals surface area contributed by atoms with Crippen molar-refractivity contribution in [3.63, 3.8) is 0 Å². The molecule has 1 N–H and O–H groups in total. The van der Waals surface area contributed by atoms with Gasteiger partial charge in [-0.1, -0.05) is 6.92 Å². The predicted molar refractivity (Wildman–Crippen MR) is 78.3 cm³/mol. The van der Waals surface area contributed by atoms with E-state index in [4.69, 9.17) is 20.8 Å². The van der Waals surface area contributed by atoms with E-state index < -0.39 is 0 Å². The summed E-state index contributed by atoms with van der Waals surface area (Å²) in [7, 11) is 1.65. The fraction of sp³-hybridized carbons (Fsp3) is 0.500. The number of furan rings is 1. The summed E-state index contributed by atoms with van der Waals surface area (Å²) < 4.78 is 12.9. The number of aromatic nitrogens is 2. The zero-order valence-corrected chi connectivity index (χ0v) is 12.8. The van der Waals surface area contributed by atoms with Crippen molar-refractivity contribution < 1.29 is 9.15 Å². The number of nitrogens with zero attached hydrogens (tertiary/aromatic N) is 2.